The number of benzene rings is 4. The van der Waals surface area contributed by atoms with Crippen LogP contribution in [0.3, 0.4) is 0 Å². The van der Waals surface area contributed by atoms with Gasteiger partial charge in [0.2, 0.25) is 20.0 Å². The molecule has 0 saturated heterocycles. The summed E-state index contributed by atoms with van der Waals surface area (Å²) in [5.74, 6) is 0.485. The van der Waals surface area contributed by atoms with Crippen LogP contribution in [0.25, 0.3) is 53.1 Å². The van der Waals surface area contributed by atoms with Crippen LogP contribution in [0, 0.1) is 55.4 Å². The van der Waals surface area contributed by atoms with Gasteiger partial charge in [0.1, 0.15) is 0 Å². The van der Waals surface area contributed by atoms with Crippen LogP contribution in [0.4, 0.5) is 11.6 Å². The summed E-state index contributed by atoms with van der Waals surface area (Å²) < 4.78 is 57.7. The SMILES string of the molecule is Cc1cc(C)c(S(=O)(=O)[N-]c2ncccc2C)c(C)c1.Cc1cc(C)c(S(=O)(=O)[N-]c2ncccc2C)c(C)c1.[Ag+].[Ag+].c1cnc2c(c1)ccc1cccnc12.c1cnc2c(c1)ccc1cccnc12. The zero-order chi connectivity index (χ0) is 48.6. The molecule has 0 spiro atoms. The maximum atomic E-state index is 12.5. The van der Waals surface area contributed by atoms with Crippen LogP contribution in [0.15, 0.2) is 168 Å². The van der Waals surface area contributed by atoms with Crippen molar-refractivity contribution in [3.63, 3.8) is 0 Å². The summed E-state index contributed by atoms with van der Waals surface area (Å²) in [6.07, 6.45) is 10.3. The molecule has 0 N–H and O–H groups in total. The van der Waals surface area contributed by atoms with Gasteiger partial charge in [-0.1, -0.05) is 132 Å². The fourth-order valence-corrected chi connectivity index (χ4v) is 10.9. The van der Waals surface area contributed by atoms with E-state index in [4.69, 9.17) is 0 Å². The van der Waals surface area contributed by atoms with Gasteiger partial charge >= 0.3 is 44.8 Å². The first-order valence-electron chi connectivity index (χ1n) is 21.6. The Kier molecular flexibility index (Phi) is 18.8. The van der Waals surface area contributed by atoms with Crippen LogP contribution < -0.4 is 0 Å². The van der Waals surface area contributed by atoms with Crippen LogP contribution in [-0.4, -0.2) is 46.7 Å². The molecule has 0 aliphatic carbocycles. The summed E-state index contributed by atoms with van der Waals surface area (Å²) in [6.45, 7) is 14.6. The first-order valence-corrected chi connectivity index (χ1v) is 24.5. The van der Waals surface area contributed by atoms with Crippen molar-refractivity contribution in [2.75, 3.05) is 0 Å². The van der Waals surface area contributed by atoms with Crippen molar-refractivity contribution >= 4 is 75.3 Å². The molecule has 364 valence electrons. The van der Waals surface area contributed by atoms with Gasteiger partial charge in [-0.25, -0.2) is 16.8 Å². The molecule has 0 radical (unpaired) electrons. The van der Waals surface area contributed by atoms with Crippen molar-refractivity contribution in [2.45, 2.75) is 65.2 Å². The van der Waals surface area contributed by atoms with Gasteiger partial charge in [0.15, 0.2) is 0 Å². The minimum absolute atomic E-state index is 0. The summed E-state index contributed by atoms with van der Waals surface area (Å²) in [7, 11) is -7.50. The summed E-state index contributed by atoms with van der Waals surface area (Å²) in [6, 6.07) is 38.8. The number of sulfonamides is 2. The molecule has 70 heavy (non-hydrogen) atoms. The first-order chi connectivity index (χ1) is 32.5. The van der Waals surface area contributed by atoms with Crippen LogP contribution >= 0.6 is 0 Å². The molecule has 0 amide bonds. The molecule has 0 fully saturated rings. The van der Waals surface area contributed by atoms with Gasteiger partial charge in [-0.05, 0) is 114 Å². The van der Waals surface area contributed by atoms with Gasteiger partial charge in [0.05, 0.1) is 31.9 Å². The van der Waals surface area contributed by atoms with E-state index in [1.54, 1.807) is 90.6 Å². The van der Waals surface area contributed by atoms with Crippen LogP contribution in [-0.2, 0) is 64.8 Å². The Morgan fingerprint density at radius 3 is 0.829 bits per heavy atom. The van der Waals surface area contributed by atoms with Crippen LogP contribution in [0.2, 0.25) is 0 Å². The number of pyridine rings is 6. The van der Waals surface area contributed by atoms with E-state index in [0.717, 1.165) is 65.9 Å². The van der Waals surface area contributed by atoms with Gasteiger partial charge < -0.3 is 19.4 Å². The van der Waals surface area contributed by atoms with Gasteiger partial charge in [-0.2, -0.15) is 0 Å². The summed E-state index contributed by atoms with van der Waals surface area (Å²) >= 11 is 0. The zero-order valence-electron chi connectivity index (χ0n) is 39.6. The second-order valence-corrected chi connectivity index (χ2v) is 19.4. The number of hydrogen-bond donors (Lipinski definition) is 0. The Morgan fingerprint density at radius 1 is 0.329 bits per heavy atom. The predicted octanol–water partition coefficient (Wildman–Crippen LogP) is 13.0. The average Bonchev–Trinajstić information content (AvgIpc) is 3.30. The van der Waals surface area contributed by atoms with Gasteiger partial charge in [-0.3, -0.25) is 19.9 Å². The first kappa shape index (κ1) is 54.7. The fraction of sp³-hybridized carbons (Fsp3) is 0.148. The molecule has 0 saturated carbocycles. The molecular formula is C54H50Ag2N8O4S2. The smallest absolute Gasteiger partial charge is 0.442 e. The molecule has 6 heterocycles. The molecule has 6 aromatic heterocycles. The molecule has 0 aliphatic rings. The Morgan fingerprint density at radius 2 is 0.571 bits per heavy atom. The molecule has 12 nitrogen and oxygen atoms in total. The Hall–Kier alpha value is -6.20. The van der Waals surface area contributed by atoms with Crippen molar-refractivity contribution in [2.24, 2.45) is 0 Å². The number of fused-ring (bicyclic) bond motifs is 6. The molecule has 0 atom stereocenters. The van der Waals surface area contributed by atoms with E-state index in [0.29, 0.717) is 22.3 Å². The maximum absolute atomic E-state index is 12.5. The quantitative estimate of drug-likeness (QED) is 0.115. The molecule has 0 bridgehead atoms. The zero-order valence-corrected chi connectivity index (χ0v) is 44.2. The fourth-order valence-electron chi connectivity index (χ4n) is 7.97. The van der Waals surface area contributed by atoms with Crippen molar-refractivity contribution < 1.29 is 61.6 Å². The average molecular weight is 1150 g/mol. The van der Waals surface area contributed by atoms with E-state index in [-0.39, 0.29) is 66.2 Å². The van der Waals surface area contributed by atoms with E-state index >= 15 is 0 Å². The standard InChI is InChI=1S/2C15H17N2O2S.2C12H8N2.2Ag/c2*1-10-8-12(3)14(13(4)9-10)20(18,19)17-15-11(2)6-5-7-16-15;2*1-3-9-5-6-10-4-2-8-14-12(10)11(9)13-7-1;;/h2*5-9H,1-4H3;2*1-8H;;/q2*-1;;;2*+1. The Labute approximate surface area is 441 Å². The van der Waals surface area contributed by atoms with Crippen molar-refractivity contribution in [3.05, 3.63) is 212 Å². The number of aromatic nitrogens is 6. The van der Waals surface area contributed by atoms with E-state index in [2.05, 4.69) is 87.9 Å². The molecule has 4 aromatic carbocycles. The van der Waals surface area contributed by atoms with E-state index in [1.165, 1.54) is 12.4 Å². The molecule has 0 aliphatic heterocycles. The molecule has 16 heteroatoms. The van der Waals surface area contributed by atoms with Crippen molar-refractivity contribution in [1.29, 1.82) is 0 Å². The monoisotopic (exact) mass is 1150 g/mol. The second-order valence-electron chi connectivity index (χ2n) is 16.3. The molecular weight excluding hydrogens is 1100 g/mol. The maximum Gasteiger partial charge on any atom is 1.00 e. The van der Waals surface area contributed by atoms with Gasteiger partial charge in [-0.15, -0.1) is 0 Å². The third-order valence-electron chi connectivity index (χ3n) is 10.8. The number of aryl methyl sites for hydroxylation is 8. The summed E-state index contributed by atoms with van der Waals surface area (Å²) in [5.41, 5.74) is 10.3. The minimum atomic E-state index is -3.75. The molecule has 10 aromatic rings. The third kappa shape index (κ3) is 13.2. The predicted molar refractivity (Wildman–Crippen MR) is 274 cm³/mol. The third-order valence-corrected chi connectivity index (χ3v) is 13.9. The van der Waals surface area contributed by atoms with Crippen molar-refractivity contribution in [1.82, 2.24) is 29.9 Å². The van der Waals surface area contributed by atoms with E-state index in [9.17, 15) is 16.8 Å². The number of hydrogen-bond acceptors (Lipinski definition) is 10. The normalized spacial score (nSPS) is 10.9. The largest absolute Gasteiger partial charge is 1.00 e. The number of nitrogens with zero attached hydrogens (tertiary/aromatic N) is 8. The van der Waals surface area contributed by atoms with Crippen LogP contribution in [0.1, 0.15) is 44.5 Å². The van der Waals surface area contributed by atoms with Crippen molar-refractivity contribution in [3.8, 4) is 0 Å². The Bertz CT molecular complexity index is 3290. The van der Waals surface area contributed by atoms with Crippen LogP contribution in [0.5, 0.6) is 0 Å². The van der Waals surface area contributed by atoms with E-state index < -0.39 is 20.0 Å². The van der Waals surface area contributed by atoms with Gasteiger partial charge in [0.25, 0.3) is 0 Å². The molecule has 0 unspecified atom stereocenters. The minimum Gasteiger partial charge on any atom is -0.442 e. The summed E-state index contributed by atoms with van der Waals surface area (Å²) in [4.78, 5) is 26.0. The molecule has 10 rings (SSSR count). The summed E-state index contributed by atoms with van der Waals surface area (Å²) in [5, 5.41) is 4.55. The topological polar surface area (TPSA) is 174 Å². The number of rotatable bonds is 6. The Balaban J connectivity index is 0.000000174. The van der Waals surface area contributed by atoms with Gasteiger partial charge in [0, 0.05) is 46.3 Å². The second kappa shape index (κ2) is 24.1. The van der Waals surface area contributed by atoms with E-state index in [1.807, 2.05) is 62.4 Å².